The molecule has 4 aliphatic carbocycles. The molecule has 0 spiro atoms. The van der Waals surface area contributed by atoms with Gasteiger partial charge in [-0.25, -0.2) is 4.79 Å². The van der Waals surface area contributed by atoms with Crippen molar-refractivity contribution in [2.75, 3.05) is 0 Å². The molecule has 0 saturated heterocycles. The van der Waals surface area contributed by atoms with Crippen molar-refractivity contribution < 1.29 is 9.53 Å². The molecule has 4 aliphatic rings. The molecule has 2 nitrogen and oxygen atoms in total. The van der Waals surface area contributed by atoms with E-state index in [9.17, 15) is 4.79 Å². The van der Waals surface area contributed by atoms with Gasteiger partial charge in [0.2, 0.25) is 0 Å². The fourth-order valence-electron chi connectivity index (χ4n) is 10.0. The zero-order valence-corrected chi connectivity index (χ0v) is 25.4. The highest BCUT2D eigenvalue weighted by Gasteiger charge is 2.59. The van der Waals surface area contributed by atoms with Crippen LogP contribution in [0, 0.1) is 66.1 Å². The molecule has 0 N–H and O–H groups in total. The first-order chi connectivity index (χ1) is 18.0. The standard InChI is InChI=1S/C36H54O2/c1-23(2)9-8-10-26(5)31-13-14-32-30-12-11-28-22-29(38-34(37)27-20-24(3)19-25(4)21-27)15-17-35(28,6)33(30)16-18-36(31,32)7/h11-12,19-21,23,26,28-33H,8-10,13-18,22H2,1-7H3. The topological polar surface area (TPSA) is 26.3 Å². The number of carbonyl (C=O) groups is 1. The van der Waals surface area contributed by atoms with E-state index >= 15 is 0 Å². The Balaban J connectivity index is 1.25. The van der Waals surface area contributed by atoms with Crippen molar-refractivity contribution >= 4 is 5.97 Å². The molecular formula is C36H54O2. The van der Waals surface area contributed by atoms with Crippen LogP contribution in [-0.4, -0.2) is 12.1 Å². The molecule has 38 heavy (non-hydrogen) atoms. The summed E-state index contributed by atoms with van der Waals surface area (Å²) in [6.07, 6.45) is 18.3. The predicted octanol–water partition coefficient (Wildman–Crippen LogP) is 9.73. The first-order valence-electron chi connectivity index (χ1n) is 16.0. The molecule has 210 valence electrons. The predicted molar refractivity (Wildman–Crippen MR) is 158 cm³/mol. The molecule has 5 rings (SSSR count). The summed E-state index contributed by atoms with van der Waals surface area (Å²) in [5, 5.41) is 0. The van der Waals surface area contributed by atoms with E-state index in [4.69, 9.17) is 4.74 Å². The molecule has 9 atom stereocenters. The van der Waals surface area contributed by atoms with Gasteiger partial charge in [0.05, 0.1) is 5.56 Å². The lowest BCUT2D eigenvalue weighted by atomic mass is 9.46. The zero-order valence-electron chi connectivity index (χ0n) is 25.4. The number of aryl methyl sites for hydroxylation is 2. The largest absolute Gasteiger partial charge is 0.459 e. The van der Waals surface area contributed by atoms with Crippen molar-refractivity contribution in [2.24, 2.45) is 52.3 Å². The summed E-state index contributed by atoms with van der Waals surface area (Å²) >= 11 is 0. The van der Waals surface area contributed by atoms with Crippen LogP contribution < -0.4 is 0 Å². The number of benzene rings is 1. The van der Waals surface area contributed by atoms with Crippen LogP contribution in [0.1, 0.15) is 120 Å². The average molecular weight is 519 g/mol. The highest BCUT2D eigenvalue weighted by atomic mass is 16.5. The minimum Gasteiger partial charge on any atom is -0.459 e. The lowest BCUT2D eigenvalue weighted by molar-refractivity contribution is -0.0844. The summed E-state index contributed by atoms with van der Waals surface area (Å²) in [6.45, 7) is 16.7. The van der Waals surface area contributed by atoms with Gasteiger partial charge in [-0.15, -0.1) is 0 Å². The molecule has 2 heteroatoms. The third-order valence-electron chi connectivity index (χ3n) is 12.0. The number of fused-ring (bicyclic) bond motifs is 5. The molecule has 1 aromatic carbocycles. The summed E-state index contributed by atoms with van der Waals surface area (Å²) < 4.78 is 6.12. The lowest BCUT2D eigenvalue weighted by Crippen LogP contribution is -2.52. The molecule has 9 unspecified atom stereocenters. The second-order valence-electron chi connectivity index (χ2n) is 15.0. The summed E-state index contributed by atoms with van der Waals surface area (Å²) in [6, 6.07) is 6.04. The zero-order chi connectivity index (χ0) is 27.2. The van der Waals surface area contributed by atoms with Crippen molar-refractivity contribution in [3.63, 3.8) is 0 Å². The molecule has 1 aromatic rings. The van der Waals surface area contributed by atoms with Gasteiger partial charge in [-0.05, 0) is 123 Å². The maximum absolute atomic E-state index is 13.0. The van der Waals surface area contributed by atoms with Crippen molar-refractivity contribution in [3.8, 4) is 0 Å². The van der Waals surface area contributed by atoms with E-state index in [2.05, 4.69) is 52.8 Å². The summed E-state index contributed by atoms with van der Waals surface area (Å²) in [5.74, 6) is 5.38. The number of rotatable bonds is 7. The Bertz CT molecular complexity index is 1020. The number of esters is 1. The van der Waals surface area contributed by atoms with Crippen LogP contribution in [0.3, 0.4) is 0 Å². The monoisotopic (exact) mass is 518 g/mol. The Labute approximate surface area is 233 Å². The Morgan fingerprint density at radius 3 is 2.29 bits per heavy atom. The van der Waals surface area contributed by atoms with E-state index in [1.807, 2.05) is 26.0 Å². The Kier molecular flexibility index (Phi) is 7.93. The van der Waals surface area contributed by atoms with Gasteiger partial charge in [-0.2, -0.15) is 0 Å². The second kappa shape index (κ2) is 10.8. The highest BCUT2D eigenvalue weighted by molar-refractivity contribution is 5.90. The number of hydrogen-bond acceptors (Lipinski definition) is 2. The van der Waals surface area contributed by atoms with Gasteiger partial charge in [0.1, 0.15) is 6.10 Å². The maximum atomic E-state index is 13.0. The fourth-order valence-corrected chi connectivity index (χ4v) is 10.0. The number of ether oxygens (including phenoxy) is 1. The van der Waals surface area contributed by atoms with E-state index in [0.717, 1.165) is 59.5 Å². The summed E-state index contributed by atoms with van der Waals surface area (Å²) in [5.41, 5.74) is 3.82. The SMILES string of the molecule is Cc1cc(C)cc(C(=O)OC2CCC3(C)C(C=CC4C3CCC3(C)C(C(C)CCCC(C)C)CCC43)C2)c1. The van der Waals surface area contributed by atoms with Gasteiger partial charge >= 0.3 is 5.97 Å². The van der Waals surface area contributed by atoms with Crippen LogP contribution in [0.5, 0.6) is 0 Å². The molecule has 3 saturated carbocycles. The molecule has 0 radical (unpaired) electrons. The average Bonchev–Trinajstić information content (AvgIpc) is 3.20. The minimum atomic E-state index is -0.143. The van der Waals surface area contributed by atoms with Crippen LogP contribution in [0.2, 0.25) is 0 Å². The first-order valence-corrected chi connectivity index (χ1v) is 16.0. The van der Waals surface area contributed by atoms with Gasteiger partial charge in [0.15, 0.2) is 0 Å². The summed E-state index contributed by atoms with van der Waals surface area (Å²) in [4.78, 5) is 13.0. The number of allylic oxidation sites excluding steroid dienone is 2. The van der Waals surface area contributed by atoms with Crippen molar-refractivity contribution in [1.82, 2.24) is 0 Å². The highest BCUT2D eigenvalue weighted by Crippen LogP contribution is 2.67. The smallest absolute Gasteiger partial charge is 0.338 e. The third kappa shape index (κ3) is 5.15. The van der Waals surface area contributed by atoms with E-state index in [0.29, 0.717) is 22.3 Å². The number of hydrogen-bond donors (Lipinski definition) is 0. The second-order valence-corrected chi connectivity index (χ2v) is 15.0. The molecule has 0 heterocycles. The fraction of sp³-hybridized carbons (Fsp3) is 0.750. The molecule has 0 aliphatic heterocycles. The van der Waals surface area contributed by atoms with Crippen LogP contribution in [0.15, 0.2) is 30.4 Å². The van der Waals surface area contributed by atoms with Crippen LogP contribution in [0.4, 0.5) is 0 Å². The van der Waals surface area contributed by atoms with Crippen molar-refractivity contribution in [3.05, 3.63) is 47.0 Å². The van der Waals surface area contributed by atoms with Gasteiger partial charge in [-0.3, -0.25) is 0 Å². The van der Waals surface area contributed by atoms with Gasteiger partial charge in [0.25, 0.3) is 0 Å². The molecule has 0 amide bonds. The first kappa shape index (κ1) is 28.0. The number of carbonyl (C=O) groups excluding carboxylic acids is 1. The van der Waals surface area contributed by atoms with Crippen LogP contribution in [0.25, 0.3) is 0 Å². The Morgan fingerprint density at radius 1 is 0.895 bits per heavy atom. The van der Waals surface area contributed by atoms with Crippen LogP contribution in [-0.2, 0) is 4.74 Å². The maximum Gasteiger partial charge on any atom is 0.338 e. The molecule has 3 fully saturated rings. The van der Waals surface area contributed by atoms with Crippen LogP contribution >= 0.6 is 0 Å². The summed E-state index contributed by atoms with van der Waals surface area (Å²) in [7, 11) is 0. The molecule has 0 bridgehead atoms. The van der Waals surface area contributed by atoms with Crippen molar-refractivity contribution in [1.29, 1.82) is 0 Å². The van der Waals surface area contributed by atoms with E-state index in [1.165, 1.54) is 51.4 Å². The van der Waals surface area contributed by atoms with Crippen molar-refractivity contribution in [2.45, 2.75) is 119 Å². The molecule has 0 aromatic heterocycles. The van der Waals surface area contributed by atoms with E-state index < -0.39 is 0 Å². The third-order valence-corrected chi connectivity index (χ3v) is 12.0. The van der Waals surface area contributed by atoms with E-state index in [1.54, 1.807) is 0 Å². The van der Waals surface area contributed by atoms with Gasteiger partial charge < -0.3 is 4.74 Å². The quantitative estimate of drug-likeness (QED) is 0.265. The van der Waals surface area contributed by atoms with Gasteiger partial charge in [-0.1, -0.05) is 83.2 Å². The van der Waals surface area contributed by atoms with E-state index in [-0.39, 0.29) is 12.1 Å². The van der Waals surface area contributed by atoms with Gasteiger partial charge in [0, 0.05) is 0 Å². The molecular weight excluding hydrogens is 464 g/mol. The normalized spacial score (nSPS) is 38.8. The Hall–Kier alpha value is -1.57. The Morgan fingerprint density at radius 2 is 1.58 bits per heavy atom. The lowest BCUT2D eigenvalue weighted by Gasteiger charge is -2.59. The minimum absolute atomic E-state index is 0.0407.